The summed E-state index contributed by atoms with van der Waals surface area (Å²) < 4.78 is 8.74. The van der Waals surface area contributed by atoms with Crippen molar-refractivity contribution in [2.45, 2.75) is 24.7 Å². The second-order valence-corrected chi connectivity index (χ2v) is 9.54. The van der Waals surface area contributed by atoms with Crippen molar-refractivity contribution in [3.8, 4) is 5.75 Å². The minimum Gasteiger partial charge on any atom is -0.493 e. The number of anilines is 2. The zero-order valence-electron chi connectivity index (χ0n) is 16.9. The molecular weight excluding hydrogens is 476 g/mol. The molecule has 0 amide bonds. The van der Waals surface area contributed by atoms with Gasteiger partial charge in [0.25, 0.3) is 0 Å². The van der Waals surface area contributed by atoms with Gasteiger partial charge in [0.05, 0.1) is 34.1 Å². The summed E-state index contributed by atoms with van der Waals surface area (Å²) >= 11 is 3.39. The van der Waals surface area contributed by atoms with Crippen LogP contribution in [0.4, 0.5) is 11.6 Å². The molecule has 0 radical (unpaired) electrons. The minimum atomic E-state index is -0.931. The van der Waals surface area contributed by atoms with Gasteiger partial charge < -0.3 is 31.0 Å². The van der Waals surface area contributed by atoms with Crippen LogP contribution in [0.2, 0.25) is 0 Å². The topological polar surface area (TPSA) is 145 Å². The van der Waals surface area contributed by atoms with Gasteiger partial charge in [0.15, 0.2) is 0 Å². The molecule has 0 bridgehead atoms. The number of aliphatic hydroxyl groups excluding tert-OH is 2. The Balaban J connectivity index is 1.26. The lowest BCUT2D eigenvalue weighted by Crippen LogP contribution is -2.36. The van der Waals surface area contributed by atoms with Gasteiger partial charge in [0.1, 0.15) is 35.5 Å². The Bertz CT molecular complexity index is 1380. The summed E-state index contributed by atoms with van der Waals surface area (Å²) in [6.07, 6.45) is 2.18. The molecule has 2 saturated carbocycles. The maximum Gasteiger partial charge on any atom is 0.145 e. The number of nitrogens with two attached hydrogens (primary N) is 2. The van der Waals surface area contributed by atoms with E-state index in [1.165, 1.54) is 6.33 Å². The van der Waals surface area contributed by atoms with E-state index in [9.17, 15) is 10.2 Å². The van der Waals surface area contributed by atoms with Crippen LogP contribution in [0.3, 0.4) is 0 Å². The first-order valence-electron chi connectivity index (χ1n) is 10.3. The SMILES string of the molecule is Nc1nc2cc(OC[C@]34C[C@@H]3[C@@H](n3ccc5c(N)ncnc53)[C@H](O)[C@@H]4O)ccc2cc1Br. The monoisotopic (exact) mass is 496 g/mol. The lowest BCUT2D eigenvalue weighted by molar-refractivity contribution is -0.0273. The number of aliphatic hydroxyl groups is 2. The Kier molecular flexibility index (Phi) is 4.17. The Labute approximate surface area is 191 Å². The second kappa shape index (κ2) is 6.77. The van der Waals surface area contributed by atoms with E-state index in [-0.39, 0.29) is 12.0 Å². The lowest BCUT2D eigenvalue weighted by atomic mass is 10.0. The Morgan fingerprint density at radius 2 is 2.00 bits per heavy atom. The standard InChI is InChI=1S/C22H21BrN6O3/c23-14-5-10-1-2-11(6-15(10)28-20(14)25)32-8-22-7-13(22)16(17(30)18(22)31)29-4-3-12-19(24)26-9-27-21(12)29/h1-6,9,13,16-18,30-31H,7-8H2,(H2,25,28)(H2,24,26,27)/t13-,16-,17+,18+,22-/m1/s1. The van der Waals surface area contributed by atoms with Gasteiger partial charge >= 0.3 is 0 Å². The first-order valence-corrected chi connectivity index (χ1v) is 11.1. The molecule has 9 nitrogen and oxygen atoms in total. The maximum absolute atomic E-state index is 10.9. The number of nitrogen functional groups attached to an aromatic ring is 2. The third-order valence-corrected chi connectivity index (χ3v) is 7.63. The Morgan fingerprint density at radius 3 is 2.84 bits per heavy atom. The molecule has 3 aromatic heterocycles. The van der Waals surface area contributed by atoms with E-state index in [1.807, 2.05) is 41.1 Å². The van der Waals surface area contributed by atoms with Crippen molar-refractivity contribution in [1.82, 2.24) is 19.5 Å². The highest BCUT2D eigenvalue weighted by Crippen LogP contribution is 2.67. The molecule has 2 aliphatic carbocycles. The summed E-state index contributed by atoms with van der Waals surface area (Å²) in [5, 5.41) is 23.5. The third-order valence-electron chi connectivity index (χ3n) is 6.99. The number of nitrogens with zero attached hydrogens (tertiary/aromatic N) is 4. The number of aromatic nitrogens is 4. The normalized spacial score (nSPS) is 28.8. The average Bonchev–Trinajstić information content (AvgIpc) is 3.27. The van der Waals surface area contributed by atoms with Crippen molar-refractivity contribution in [2.24, 2.45) is 11.3 Å². The quantitative estimate of drug-likeness (QED) is 0.336. The predicted molar refractivity (Wildman–Crippen MR) is 123 cm³/mol. The van der Waals surface area contributed by atoms with E-state index in [1.54, 1.807) is 0 Å². The molecule has 2 fully saturated rings. The zero-order valence-corrected chi connectivity index (χ0v) is 18.5. The Hall–Kier alpha value is -2.95. The third kappa shape index (κ3) is 2.73. The summed E-state index contributed by atoms with van der Waals surface area (Å²) in [6.45, 7) is 0.292. The van der Waals surface area contributed by atoms with Gasteiger partial charge in [-0.2, -0.15) is 0 Å². The van der Waals surface area contributed by atoms with Crippen LogP contribution < -0.4 is 16.2 Å². The number of benzene rings is 1. The molecule has 0 spiro atoms. The number of ether oxygens (including phenoxy) is 1. The van der Waals surface area contributed by atoms with Crippen molar-refractivity contribution in [3.05, 3.63) is 47.3 Å². The highest BCUT2D eigenvalue weighted by Gasteiger charge is 2.72. The van der Waals surface area contributed by atoms with Crippen LogP contribution in [0.1, 0.15) is 12.5 Å². The molecule has 6 N–H and O–H groups in total. The first kappa shape index (κ1) is 19.7. The maximum atomic E-state index is 10.9. The van der Waals surface area contributed by atoms with Gasteiger partial charge in [-0.25, -0.2) is 15.0 Å². The molecule has 3 heterocycles. The van der Waals surface area contributed by atoms with E-state index in [0.29, 0.717) is 29.6 Å². The molecule has 10 heteroatoms. The second-order valence-electron chi connectivity index (χ2n) is 8.69. The van der Waals surface area contributed by atoms with Gasteiger partial charge in [-0.1, -0.05) is 0 Å². The first-order chi connectivity index (χ1) is 15.4. The molecule has 1 aromatic carbocycles. The van der Waals surface area contributed by atoms with Crippen LogP contribution in [0, 0.1) is 11.3 Å². The molecule has 5 atom stereocenters. The zero-order chi connectivity index (χ0) is 22.2. The number of rotatable bonds is 4. The van der Waals surface area contributed by atoms with E-state index in [0.717, 1.165) is 27.2 Å². The van der Waals surface area contributed by atoms with E-state index in [4.69, 9.17) is 16.2 Å². The molecule has 32 heavy (non-hydrogen) atoms. The van der Waals surface area contributed by atoms with Crippen LogP contribution in [0.5, 0.6) is 5.75 Å². The fourth-order valence-corrected chi connectivity index (χ4v) is 5.54. The summed E-state index contributed by atoms with van der Waals surface area (Å²) in [4.78, 5) is 12.8. The molecule has 0 saturated heterocycles. The fraction of sp³-hybridized carbons (Fsp3) is 0.318. The van der Waals surface area contributed by atoms with Crippen molar-refractivity contribution >= 4 is 49.5 Å². The number of pyridine rings is 1. The van der Waals surface area contributed by atoms with Gasteiger partial charge in [-0.15, -0.1) is 0 Å². The van der Waals surface area contributed by atoms with Crippen molar-refractivity contribution in [1.29, 1.82) is 0 Å². The van der Waals surface area contributed by atoms with Crippen LogP contribution in [-0.2, 0) is 0 Å². The van der Waals surface area contributed by atoms with E-state index in [2.05, 4.69) is 30.9 Å². The lowest BCUT2D eigenvalue weighted by Gasteiger charge is -2.24. The molecule has 2 aliphatic rings. The molecule has 164 valence electrons. The predicted octanol–water partition coefficient (Wildman–Crippen LogP) is 2.27. The molecule has 4 aromatic rings. The van der Waals surface area contributed by atoms with Crippen LogP contribution in [0.25, 0.3) is 21.9 Å². The van der Waals surface area contributed by atoms with Crippen molar-refractivity contribution in [2.75, 3.05) is 18.1 Å². The molecule has 0 unspecified atom stereocenters. The van der Waals surface area contributed by atoms with Crippen molar-refractivity contribution < 1.29 is 14.9 Å². The van der Waals surface area contributed by atoms with Crippen LogP contribution >= 0.6 is 15.9 Å². The summed E-state index contributed by atoms with van der Waals surface area (Å²) in [5.74, 6) is 1.51. The molecule has 0 aliphatic heterocycles. The van der Waals surface area contributed by atoms with E-state index < -0.39 is 17.6 Å². The van der Waals surface area contributed by atoms with Gasteiger partial charge in [-0.3, -0.25) is 0 Å². The summed E-state index contributed by atoms with van der Waals surface area (Å²) in [7, 11) is 0. The molecule has 6 rings (SSSR count). The van der Waals surface area contributed by atoms with Gasteiger partial charge in [-0.05, 0) is 52.5 Å². The number of hydrogen-bond acceptors (Lipinski definition) is 8. The number of halogens is 1. The van der Waals surface area contributed by atoms with Crippen LogP contribution in [-0.4, -0.2) is 48.5 Å². The fourth-order valence-electron chi connectivity index (χ4n) is 5.20. The summed E-state index contributed by atoms with van der Waals surface area (Å²) in [5.41, 5.74) is 12.7. The number of hydrogen-bond donors (Lipinski definition) is 4. The van der Waals surface area contributed by atoms with E-state index >= 15 is 0 Å². The van der Waals surface area contributed by atoms with Gasteiger partial charge in [0.2, 0.25) is 0 Å². The highest BCUT2D eigenvalue weighted by atomic mass is 79.9. The highest BCUT2D eigenvalue weighted by molar-refractivity contribution is 9.10. The minimum absolute atomic E-state index is 0.0597. The van der Waals surface area contributed by atoms with Gasteiger partial charge in [0, 0.05) is 23.1 Å². The number of fused-ring (bicyclic) bond motifs is 3. The molecular formula is C22H21BrN6O3. The summed E-state index contributed by atoms with van der Waals surface area (Å²) in [6, 6.07) is 9.07. The Morgan fingerprint density at radius 1 is 1.16 bits per heavy atom. The smallest absolute Gasteiger partial charge is 0.145 e. The van der Waals surface area contributed by atoms with Crippen molar-refractivity contribution in [3.63, 3.8) is 0 Å². The largest absolute Gasteiger partial charge is 0.493 e. The average molecular weight is 497 g/mol. The van der Waals surface area contributed by atoms with Crippen LogP contribution in [0.15, 0.2) is 47.3 Å².